The van der Waals surface area contributed by atoms with Crippen LogP contribution >= 0.6 is 0 Å². The van der Waals surface area contributed by atoms with E-state index in [9.17, 15) is 9.18 Å². The highest BCUT2D eigenvalue weighted by atomic mass is 19.1. The van der Waals surface area contributed by atoms with Crippen LogP contribution in [0.15, 0.2) is 48.5 Å². The molecule has 0 saturated carbocycles. The number of rotatable bonds is 5. The zero-order chi connectivity index (χ0) is 17.6. The second-order valence-corrected chi connectivity index (χ2v) is 6.55. The van der Waals surface area contributed by atoms with Gasteiger partial charge in [-0.05, 0) is 48.2 Å². The molecule has 1 aliphatic heterocycles. The van der Waals surface area contributed by atoms with Crippen molar-refractivity contribution in [2.45, 2.75) is 32.0 Å². The maximum absolute atomic E-state index is 13.0. The van der Waals surface area contributed by atoms with Gasteiger partial charge in [0.1, 0.15) is 5.82 Å². The third-order valence-electron chi connectivity index (χ3n) is 4.69. The summed E-state index contributed by atoms with van der Waals surface area (Å²) < 4.78 is 13.0. The number of nitrogens with zero attached hydrogens (tertiary/aromatic N) is 1. The molecule has 1 amide bonds. The van der Waals surface area contributed by atoms with Crippen LogP contribution in [-0.4, -0.2) is 29.9 Å². The molecule has 0 bridgehead atoms. The van der Waals surface area contributed by atoms with Crippen molar-refractivity contribution >= 4 is 5.91 Å². The summed E-state index contributed by atoms with van der Waals surface area (Å²) in [6, 6.07) is 14.3. The van der Waals surface area contributed by atoms with Gasteiger partial charge in [0.05, 0.1) is 0 Å². The molecule has 3 N–H and O–H groups in total. The van der Waals surface area contributed by atoms with Gasteiger partial charge in [0.15, 0.2) is 0 Å². The summed E-state index contributed by atoms with van der Waals surface area (Å²) in [6.45, 7) is 3.15. The van der Waals surface area contributed by atoms with Gasteiger partial charge in [-0.1, -0.05) is 24.3 Å². The minimum Gasteiger partial charge on any atom is -0.349 e. The molecule has 2 aromatic carbocycles. The van der Waals surface area contributed by atoms with E-state index in [4.69, 9.17) is 5.73 Å². The number of likely N-dealkylation sites (tertiary alicyclic amines) is 1. The minimum atomic E-state index is -0.204. The van der Waals surface area contributed by atoms with Crippen molar-refractivity contribution in [2.24, 2.45) is 5.73 Å². The molecule has 0 atom stereocenters. The van der Waals surface area contributed by atoms with Gasteiger partial charge in [0.25, 0.3) is 5.91 Å². The molecule has 0 unspecified atom stereocenters. The van der Waals surface area contributed by atoms with Crippen LogP contribution in [0.5, 0.6) is 0 Å². The highest BCUT2D eigenvalue weighted by Gasteiger charge is 2.21. The largest absolute Gasteiger partial charge is 0.349 e. The first-order chi connectivity index (χ1) is 12.1. The van der Waals surface area contributed by atoms with Crippen LogP contribution in [0, 0.1) is 5.82 Å². The molecule has 132 valence electrons. The van der Waals surface area contributed by atoms with Crippen LogP contribution in [0.3, 0.4) is 0 Å². The number of piperidine rings is 1. The zero-order valence-corrected chi connectivity index (χ0v) is 14.2. The van der Waals surface area contributed by atoms with Crippen molar-refractivity contribution in [1.29, 1.82) is 0 Å². The Labute approximate surface area is 147 Å². The number of hydrogen-bond donors (Lipinski definition) is 2. The molecule has 25 heavy (non-hydrogen) atoms. The van der Waals surface area contributed by atoms with E-state index >= 15 is 0 Å². The van der Waals surface area contributed by atoms with Gasteiger partial charge in [-0.15, -0.1) is 0 Å². The zero-order valence-electron chi connectivity index (χ0n) is 14.2. The molecule has 1 heterocycles. The quantitative estimate of drug-likeness (QED) is 0.879. The van der Waals surface area contributed by atoms with E-state index in [1.54, 1.807) is 0 Å². The molecule has 5 heteroatoms. The molecule has 0 spiro atoms. The number of carbonyl (C=O) groups is 1. The smallest absolute Gasteiger partial charge is 0.251 e. The first-order valence-electron chi connectivity index (χ1n) is 8.71. The fraction of sp³-hybridized carbons (Fsp3) is 0.350. The number of carbonyl (C=O) groups excluding carboxylic acids is 1. The molecule has 3 rings (SSSR count). The normalized spacial score (nSPS) is 15.9. The lowest BCUT2D eigenvalue weighted by Gasteiger charge is -2.32. The van der Waals surface area contributed by atoms with Gasteiger partial charge >= 0.3 is 0 Å². The summed E-state index contributed by atoms with van der Waals surface area (Å²) in [5.41, 5.74) is 8.38. The number of amides is 1. The standard InChI is InChI=1S/C20H24FN3O/c21-18-7-3-16(4-8-18)14-24-11-9-19(10-12-24)23-20(25)17-5-1-15(13-22)2-6-17/h1-8,19H,9-14,22H2,(H,23,25). The molecule has 1 saturated heterocycles. The lowest BCUT2D eigenvalue weighted by molar-refractivity contribution is 0.0909. The Morgan fingerprint density at radius 2 is 1.64 bits per heavy atom. The van der Waals surface area contributed by atoms with Gasteiger partial charge in [-0.3, -0.25) is 9.69 Å². The Kier molecular flexibility index (Phi) is 5.79. The SMILES string of the molecule is NCc1ccc(C(=O)NC2CCN(Cc3ccc(F)cc3)CC2)cc1. The number of benzene rings is 2. The van der Waals surface area contributed by atoms with E-state index in [2.05, 4.69) is 10.2 Å². The van der Waals surface area contributed by atoms with E-state index in [-0.39, 0.29) is 17.8 Å². The predicted octanol–water partition coefficient (Wildman–Crippen LogP) is 2.68. The Morgan fingerprint density at radius 3 is 2.24 bits per heavy atom. The lowest BCUT2D eigenvalue weighted by atomic mass is 10.0. The van der Waals surface area contributed by atoms with E-state index in [1.807, 2.05) is 36.4 Å². The van der Waals surface area contributed by atoms with E-state index < -0.39 is 0 Å². The van der Waals surface area contributed by atoms with Gasteiger partial charge in [-0.25, -0.2) is 4.39 Å². The fourth-order valence-corrected chi connectivity index (χ4v) is 3.14. The molecular formula is C20H24FN3O. The van der Waals surface area contributed by atoms with Gasteiger partial charge in [0.2, 0.25) is 0 Å². The number of halogens is 1. The average molecular weight is 341 g/mol. The van der Waals surface area contributed by atoms with E-state index in [0.717, 1.165) is 43.6 Å². The van der Waals surface area contributed by atoms with Crippen molar-refractivity contribution in [3.8, 4) is 0 Å². The third kappa shape index (κ3) is 4.87. The average Bonchev–Trinajstić information content (AvgIpc) is 2.65. The van der Waals surface area contributed by atoms with Crippen LogP contribution in [0.2, 0.25) is 0 Å². The second kappa shape index (κ2) is 8.23. The highest BCUT2D eigenvalue weighted by Crippen LogP contribution is 2.15. The second-order valence-electron chi connectivity index (χ2n) is 6.55. The fourth-order valence-electron chi connectivity index (χ4n) is 3.14. The first kappa shape index (κ1) is 17.6. The Balaban J connectivity index is 1.46. The van der Waals surface area contributed by atoms with Crippen molar-refractivity contribution in [2.75, 3.05) is 13.1 Å². The monoisotopic (exact) mass is 341 g/mol. The molecule has 1 fully saturated rings. The van der Waals surface area contributed by atoms with E-state index in [0.29, 0.717) is 12.1 Å². The van der Waals surface area contributed by atoms with Crippen molar-refractivity contribution in [1.82, 2.24) is 10.2 Å². The summed E-state index contributed by atoms with van der Waals surface area (Å²) in [4.78, 5) is 14.7. The van der Waals surface area contributed by atoms with Gasteiger partial charge in [0, 0.05) is 37.8 Å². The molecule has 0 aromatic heterocycles. The number of hydrogen-bond acceptors (Lipinski definition) is 3. The first-order valence-corrected chi connectivity index (χ1v) is 8.71. The Bertz CT molecular complexity index is 692. The van der Waals surface area contributed by atoms with Gasteiger partial charge in [-0.2, -0.15) is 0 Å². The van der Waals surface area contributed by atoms with Crippen LogP contribution in [-0.2, 0) is 13.1 Å². The topological polar surface area (TPSA) is 58.4 Å². The highest BCUT2D eigenvalue weighted by molar-refractivity contribution is 5.94. The molecule has 0 aliphatic carbocycles. The number of nitrogens with one attached hydrogen (secondary N) is 1. The van der Waals surface area contributed by atoms with E-state index in [1.165, 1.54) is 12.1 Å². The van der Waals surface area contributed by atoms with Crippen molar-refractivity contribution in [3.63, 3.8) is 0 Å². The Hall–Kier alpha value is -2.24. The van der Waals surface area contributed by atoms with Crippen LogP contribution in [0.4, 0.5) is 4.39 Å². The van der Waals surface area contributed by atoms with Crippen LogP contribution in [0.25, 0.3) is 0 Å². The summed E-state index contributed by atoms with van der Waals surface area (Å²) in [7, 11) is 0. The molecule has 4 nitrogen and oxygen atoms in total. The van der Waals surface area contributed by atoms with Crippen molar-refractivity contribution in [3.05, 3.63) is 71.0 Å². The summed E-state index contributed by atoms with van der Waals surface area (Å²) in [6.07, 6.45) is 1.85. The molecule has 2 aromatic rings. The maximum Gasteiger partial charge on any atom is 0.251 e. The molecular weight excluding hydrogens is 317 g/mol. The summed E-state index contributed by atoms with van der Waals surface area (Å²) in [5, 5.41) is 3.12. The summed E-state index contributed by atoms with van der Waals surface area (Å²) in [5.74, 6) is -0.231. The number of nitrogens with two attached hydrogens (primary N) is 1. The Morgan fingerprint density at radius 1 is 1.04 bits per heavy atom. The minimum absolute atomic E-state index is 0.0273. The van der Waals surface area contributed by atoms with Crippen LogP contribution < -0.4 is 11.1 Å². The van der Waals surface area contributed by atoms with Gasteiger partial charge < -0.3 is 11.1 Å². The third-order valence-corrected chi connectivity index (χ3v) is 4.69. The molecule has 1 aliphatic rings. The molecule has 0 radical (unpaired) electrons. The lowest BCUT2D eigenvalue weighted by Crippen LogP contribution is -2.44. The van der Waals surface area contributed by atoms with Crippen LogP contribution in [0.1, 0.15) is 34.3 Å². The van der Waals surface area contributed by atoms with Crippen molar-refractivity contribution < 1.29 is 9.18 Å². The maximum atomic E-state index is 13.0. The summed E-state index contributed by atoms with van der Waals surface area (Å²) >= 11 is 0. The predicted molar refractivity (Wildman–Crippen MR) is 96.5 cm³/mol.